The van der Waals surface area contributed by atoms with Gasteiger partial charge in [-0.3, -0.25) is 0 Å². The second-order valence-corrected chi connectivity index (χ2v) is 9.42. The lowest BCUT2D eigenvalue weighted by molar-refractivity contribution is 0.00548. The fourth-order valence-corrected chi connectivity index (χ4v) is 5.58. The standard InChI is InChI=1S/C18H28N2O3S/c1-14(2)15-4-6-16(7-5-15)24(22,23)20-11-8-17-18(12-20,13-21)9-3-10-19-17/h4-7,14,17,19,21H,3,8-13H2,1-2H3/t17-,18-/m1/s1. The Morgan fingerprint density at radius 3 is 2.67 bits per heavy atom. The van der Waals surface area contributed by atoms with Gasteiger partial charge in [0.1, 0.15) is 0 Å². The maximum Gasteiger partial charge on any atom is 0.243 e. The molecule has 3 rings (SSSR count). The molecule has 0 spiro atoms. The highest BCUT2D eigenvalue weighted by Gasteiger charge is 2.47. The first kappa shape index (κ1) is 17.9. The van der Waals surface area contributed by atoms with Crippen LogP contribution in [0, 0.1) is 5.41 Å². The first-order chi connectivity index (χ1) is 11.4. The monoisotopic (exact) mass is 352 g/mol. The lowest BCUT2D eigenvalue weighted by Crippen LogP contribution is -2.62. The average molecular weight is 353 g/mol. The van der Waals surface area contributed by atoms with Crippen LogP contribution in [0.1, 0.15) is 44.6 Å². The molecule has 1 aromatic rings. The molecule has 2 aliphatic rings. The molecule has 0 radical (unpaired) electrons. The first-order valence-electron chi connectivity index (χ1n) is 8.83. The highest BCUT2D eigenvalue weighted by atomic mass is 32.2. The lowest BCUT2D eigenvalue weighted by atomic mass is 9.71. The van der Waals surface area contributed by atoms with Crippen molar-refractivity contribution < 1.29 is 13.5 Å². The number of fused-ring (bicyclic) bond motifs is 1. The van der Waals surface area contributed by atoms with Crippen LogP contribution in [0.15, 0.2) is 29.2 Å². The Hall–Kier alpha value is -0.950. The van der Waals surface area contributed by atoms with Gasteiger partial charge in [0, 0.05) is 24.5 Å². The minimum atomic E-state index is -3.51. The number of rotatable bonds is 4. The molecule has 0 bridgehead atoms. The van der Waals surface area contributed by atoms with E-state index >= 15 is 0 Å². The third-order valence-electron chi connectivity index (χ3n) is 5.64. The zero-order valence-electron chi connectivity index (χ0n) is 14.5. The van der Waals surface area contributed by atoms with Crippen LogP contribution in [0.2, 0.25) is 0 Å². The topological polar surface area (TPSA) is 69.6 Å². The number of aliphatic hydroxyl groups is 1. The second kappa shape index (κ2) is 6.75. The predicted molar refractivity (Wildman–Crippen MR) is 94.5 cm³/mol. The molecule has 0 amide bonds. The van der Waals surface area contributed by atoms with E-state index < -0.39 is 10.0 Å². The zero-order chi connectivity index (χ0) is 17.4. The molecule has 2 heterocycles. The molecule has 1 aromatic carbocycles. The highest BCUT2D eigenvalue weighted by molar-refractivity contribution is 7.89. The van der Waals surface area contributed by atoms with E-state index in [9.17, 15) is 13.5 Å². The Balaban J connectivity index is 1.84. The smallest absolute Gasteiger partial charge is 0.243 e. The van der Waals surface area contributed by atoms with Gasteiger partial charge in [-0.25, -0.2) is 8.42 Å². The van der Waals surface area contributed by atoms with Gasteiger partial charge in [0.05, 0.1) is 11.5 Å². The molecule has 6 heteroatoms. The van der Waals surface area contributed by atoms with E-state index in [0.717, 1.165) is 31.4 Å². The molecule has 2 N–H and O–H groups in total. The minimum absolute atomic E-state index is 0.0307. The number of hydrogen-bond acceptors (Lipinski definition) is 4. The Bertz CT molecular complexity index is 672. The molecule has 2 saturated heterocycles. The van der Waals surface area contributed by atoms with Gasteiger partial charge in [-0.15, -0.1) is 0 Å². The number of sulfonamides is 1. The van der Waals surface area contributed by atoms with Crippen LogP contribution in [-0.4, -0.2) is 50.1 Å². The van der Waals surface area contributed by atoms with E-state index in [0.29, 0.717) is 23.9 Å². The molecule has 2 aliphatic heterocycles. The molecule has 0 aromatic heterocycles. The molecule has 0 saturated carbocycles. The van der Waals surface area contributed by atoms with Gasteiger partial charge >= 0.3 is 0 Å². The van der Waals surface area contributed by atoms with Gasteiger partial charge in [-0.1, -0.05) is 26.0 Å². The Morgan fingerprint density at radius 2 is 2.04 bits per heavy atom. The maximum absolute atomic E-state index is 13.0. The number of nitrogens with one attached hydrogen (secondary N) is 1. The fraction of sp³-hybridized carbons (Fsp3) is 0.667. The van der Waals surface area contributed by atoms with E-state index in [2.05, 4.69) is 19.2 Å². The quantitative estimate of drug-likeness (QED) is 0.869. The predicted octanol–water partition coefficient (Wildman–Crippen LogP) is 1.94. The Morgan fingerprint density at radius 1 is 1.33 bits per heavy atom. The normalized spacial score (nSPS) is 28.8. The van der Waals surface area contributed by atoms with Crippen LogP contribution in [0.5, 0.6) is 0 Å². The number of nitrogens with zero attached hydrogens (tertiary/aromatic N) is 1. The van der Waals surface area contributed by atoms with Crippen molar-refractivity contribution in [1.29, 1.82) is 0 Å². The third kappa shape index (κ3) is 3.12. The Kier molecular flexibility index (Phi) is 5.02. The first-order valence-corrected chi connectivity index (χ1v) is 10.3. The summed E-state index contributed by atoms with van der Waals surface area (Å²) in [6.07, 6.45) is 2.61. The summed E-state index contributed by atoms with van der Waals surface area (Å²) < 4.78 is 27.6. The van der Waals surface area contributed by atoms with E-state index in [1.807, 2.05) is 12.1 Å². The van der Waals surface area contributed by atoms with Crippen molar-refractivity contribution in [3.63, 3.8) is 0 Å². The van der Waals surface area contributed by atoms with Crippen molar-refractivity contribution in [1.82, 2.24) is 9.62 Å². The summed E-state index contributed by atoms with van der Waals surface area (Å²) in [6, 6.07) is 7.43. The minimum Gasteiger partial charge on any atom is -0.396 e. The van der Waals surface area contributed by atoms with Crippen LogP contribution in [0.25, 0.3) is 0 Å². The average Bonchev–Trinajstić information content (AvgIpc) is 2.61. The molecule has 5 nitrogen and oxygen atoms in total. The summed E-state index contributed by atoms with van der Waals surface area (Å²) in [5.74, 6) is 0.378. The summed E-state index contributed by atoms with van der Waals surface area (Å²) in [5, 5.41) is 13.4. The van der Waals surface area contributed by atoms with Gasteiger partial charge in [0.25, 0.3) is 0 Å². The van der Waals surface area contributed by atoms with E-state index in [-0.39, 0.29) is 18.1 Å². The van der Waals surface area contributed by atoms with Gasteiger partial charge in [0.15, 0.2) is 0 Å². The van der Waals surface area contributed by atoms with E-state index in [1.54, 1.807) is 16.4 Å². The SMILES string of the molecule is CC(C)c1ccc(S(=O)(=O)N2CC[C@H]3NCCC[C@]3(CO)C2)cc1. The maximum atomic E-state index is 13.0. The molecule has 134 valence electrons. The van der Waals surface area contributed by atoms with Crippen molar-refractivity contribution in [3.05, 3.63) is 29.8 Å². The number of aliphatic hydroxyl groups excluding tert-OH is 1. The van der Waals surface area contributed by atoms with Gasteiger partial charge in [0.2, 0.25) is 10.0 Å². The third-order valence-corrected chi connectivity index (χ3v) is 7.50. The number of piperidine rings is 2. The number of hydrogen-bond donors (Lipinski definition) is 2. The van der Waals surface area contributed by atoms with Crippen LogP contribution in [-0.2, 0) is 10.0 Å². The lowest BCUT2D eigenvalue weighted by Gasteiger charge is -2.49. The van der Waals surface area contributed by atoms with Crippen molar-refractivity contribution in [2.45, 2.75) is 50.0 Å². The van der Waals surface area contributed by atoms with Gasteiger partial charge in [-0.2, -0.15) is 4.31 Å². The van der Waals surface area contributed by atoms with E-state index in [4.69, 9.17) is 0 Å². The summed E-state index contributed by atoms with van der Waals surface area (Å²) in [5.41, 5.74) is 0.789. The van der Waals surface area contributed by atoms with Crippen molar-refractivity contribution in [2.24, 2.45) is 5.41 Å². The molecule has 24 heavy (non-hydrogen) atoms. The van der Waals surface area contributed by atoms with Crippen LogP contribution >= 0.6 is 0 Å². The molecular formula is C18H28N2O3S. The largest absolute Gasteiger partial charge is 0.396 e. The molecule has 0 unspecified atom stereocenters. The van der Waals surface area contributed by atoms with Crippen LogP contribution in [0.4, 0.5) is 0 Å². The van der Waals surface area contributed by atoms with Gasteiger partial charge in [-0.05, 0) is 49.4 Å². The van der Waals surface area contributed by atoms with Crippen molar-refractivity contribution in [2.75, 3.05) is 26.2 Å². The van der Waals surface area contributed by atoms with Crippen molar-refractivity contribution in [3.8, 4) is 0 Å². The molecule has 0 aliphatic carbocycles. The molecule has 2 fully saturated rings. The van der Waals surface area contributed by atoms with E-state index in [1.165, 1.54) is 0 Å². The summed E-state index contributed by atoms with van der Waals surface area (Å²) in [6.45, 7) is 6.08. The van der Waals surface area contributed by atoms with Crippen LogP contribution in [0.3, 0.4) is 0 Å². The van der Waals surface area contributed by atoms with Gasteiger partial charge < -0.3 is 10.4 Å². The highest BCUT2D eigenvalue weighted by Crippen LogP contribution is 2.38. The summed E-state index contributed by atoms with van der Waals surface area (Å²) >= 11 is 0. The fourth-order valence-electron chi connectivity index (χ4n) is 4.03. The van der Waals surface area contributed by atoms with Crippen LogP contribution < -0.4 is 5.32 Å². The Labute approximate surface area is 145 Å². The molecule has 2 atom stereocenters. The molecular weight excluding hydrogens is 324 g/mol. The summed E-state index contributed by atoms with van der Waals surface area (Å²) in [4.78, 5) is 0.349. The zero-order valence-corrected chi connectivity index (χ0v) is 15.3. The van der Waals surface area contributed by atoms with Crippen molar-refractivity contribution >= 4 is 10.0 Å². The second-order valence-electron chi connectivity index (χ2n) is 7.48. The summed E-state index contributed by atoms with van der Waals surface area (Å²) in [7, 11) is -3.51. The number of benzene rings is 1.